The van der Waals surface area contributed by atoms with Crippen LogP contribution in [-0.4, -0.2) is 46.3 Å². The van der Waals surface area contributed by atoms with Crippen molar-refractivity contribution in [1.29, 1.82) is 0 Å². The minimum absolute atomic E-state index is 0.0570. The summed E-state index contributed by atoms with van der Waals surface area (Å²) in [6, 6.07) is 8.59. The zero-order chi connectivity index (χ0) is 22.6. The molecule has 0 unspecified atom stereocenters. The third-order valence-corrected chi connectivity index (χ3v) is 8.27. The van der Waals surface area contributed by atoms with Gasteiger partial charge in [0.15, 0.2) is 0 Å². The Bertz CT molecular complexity index is 1160. The highest BCUT2D eigenvalue weighted by Gasteiger charge is 2.26. The molecule has 10 nitrogen and oxygen atoms in total. The van der Waals surface area contributed by atoms with E-state index in [0.29, 0.717) is 13.1 Å². The topological polar surface area (TPSA) is 136 Å². The van der Waals surface area contributed by atoms with Crippen molar-refractivity contribution in [3.8, 4) is 5.75 Å². The van der Waals surface area contributed by atoms with Crippen molar-refractivity contribution in [2.45, 2.75) is 35.5 Å². The molecule has 1 aliphatic heterocycles. The molecule has 1 fully saturated rings. The van der Waals surface area contributed by atoms with Crippen molar-refractivity contribution in [3.63, 3.8) is 0 Å². The van der Waals surface area contributed by atoms with Crippen molar-refractivity contribution < 1.29 is 26.5 Å². The van der Waals surface area contributed by atoms with Gasteiger partial charge in [0, 0.05) is 30.9 Å². The lowest BCUT2D eigenvalue weighted by Gasteiger charge is -2.20. The SMILES string of the molecule is COc1ccc([N+](=O)[O-])cc1S(=O)(=O)Nc1ccc(S(=O)(=O)N2CCCCCC2)cc1. The molecular formula is C19H23N3O7S2. The number of nitrogens with one attached hydrogen (secondary N) is 1. The first-order chi connectivity index (χ1) is 14.6. The van der Waals surface area contributed by atoms with Crippen LogP contribution in [0.2, 0.25) is 0 Å². The van der Waals surface area contributed by atoms with Crippen LogP contribution in [0, 0.1) is 10.1 Å². The second kappa shape index (κ2) is 9.20. The predicted molar refractivity (Wildman–Crippen MR) is 114 cm³/mol. The summed E-state index contributed by atoms with van der Waals surface area (Å²) in [6.07, 6.45) is 3.60. The van der Waals surface area contributed by atoms with Crippen LogP contribution in [0.3, 0.4) is 0 Å². The number of benzene rings is 2. The summed E-state index contributed by atoms with van der Waals surface area (Å²) in [5, 5.41) is 11.0. The minimum Gasteiger partial charge on any atom is -0.495 e. The molecule has 2 aromatic carbocycles. The van der Waals surface area contributed by atoms with Gasteiger partial charge in [-0.2, -0.15) is 4.31 Å². The smallest absolute Gasteiger partial charge is 0.271 e. The molecule has 1 heterocycles. The number of hydrogen-bond acceptors (Lipinski definition) is 7. The number of ether oxygens (including phenoxy) is 1. The first kappa shape index (κ1) is 23.0. The fraction of sp³-hybridized carbons (Fsp3) is 0.368. The highest BCUT2D eigenvalue weighted by molar-refractivity contribution is 7.92. The number of nitro benzene ring substituents is 1. The maximum absolute atomic E-state index is 12.8. The second-order valence-corrected chi connectivity index (χ2v) is 10.6. The number of anilines is 1. The monoisotopic (exact) mass is 469 g/mol. The second-order valence-electron chi connectivity index (χ2n) is 7.04. The number of non-ortho nitro benzene ring substituents is 1. The molecule has 12 heteroatoms. The minimum atomic E-state index is -4.23. The van der Waals surface area contributed by atoms with E-state index in [0.717, 1.165) is 37.8 Å². The van der Waals surface area contributed by atoms with Crippen LogP contribution in [0.5, 0.6) is 5.75 Å². The summed E-state index contributed by atoms with van der Waals surface area (Å²) < 4.78 is 60.0. The average Bonchev–Trinajstić information content (AvgIpc) is 3.03. The van der Waals surface area contributed by atoms with Crippen molar-refractivity contribution >= 4 is 31.4 Å². The first-order valence-electron chi connectivity index (χ1n) is 9.60. The first-order valence-corrected chi connectivity index (χ1v) is 12.5. The molecule has 168 valence electrons. The number of nitro groups is 1. The van der Waals surface area contributed by atoms with Crippen molar-refractivity contribution in [2.24, 2.45) is 0 Å². The average molecular weight is 470 g/mol. The molecule has 0 saturated carbocycles. The van der Waals surface area contributed by atoms with Gasteiger partial charge in [-0.1, -0.05) is 12.8 Å². The molecule has 2 aromatic rings. The van der Waals surface area contributed by atoms with Crippen molar-refractivity contribution in [2.75, 3.05) is 24.9 Å². The van der Waals surface area contributed by atoms with Crippen LogP contribution in [0.1, 0.15) is 25.7 Å². The normalized spacial score (nSPS) is 15.8. The predicted octanol–water partition coefficient (Wildman–Crippen LogP) is 2.97. The van der Waals surface area contributed by atoms with Gasteiger partial charge in [-0.25, -0.2) is 16.8 Å². The highest BCUT2D eigenvalue weighted by Crippen LogP contribution is 2.30. The van der Waals surface area contributed by atoms with Crippen LogP contribution in [0.25, 0.3) is 0 Å². The van der Waals surface area contributed by atoms with Gasteiger partial charge in [0.25, 0.3) is 15.7 Å². The molecular weight excluding hydrogens is 446 g/mol. The molecule has 1 N–H and O–H groups in total. The van der Waals surface area contributed by atoms with Crippen LogP contribution >= 0.6 is 0 Å². The van der Waals surface area contributed by atoms with Gasteiger partial charge in [0.2, 0.25) is 10.0 Å². The largest absolute Gasteiger partial charge is 0.495 e. The molecule has 0 aliphatic carbocycles. The van der Waals surface area contributed by atoms with Gasteiger partial charge >= 0.3 is 0 Å². The Kier molecular flexibility index (Phi) is 6.82. The van der Waals surface area contributed by atoms with Gasteiger partial charge < -0.3 is 4.74 Å². The van der Waals surface area contributed by atoms with Gasteiger partial charge in [0.05, 0.1) is 16.9 Å². The maximum Gasteiger partial charge on any atom is 0.271 e. The number of hydrogen-bond donors (Lipinski definition) is 1. The third kappa shape index (κ3) is 5.14. The van der Waals surface area contributed by atoms with E-state index in [1.54, 1.807) is 0 Å². The molecule has 3 rings (SSSR count). The molecule has 0 spiro atoms. The van der Waals surface area contributed by atoms with E-state index in [4.69, 9.17) is 4.74 Å². The lowest BCUT2D eigenvalue weighted by molar-refractivity contribution is -0.385. The summed E-state index contributed by atoms with van der Waals surface area (Å²) in [5.41, 5.74) is -0.288. The Hall–Kier alpha value is -2.70. The Morgan fingerprint density at radius 2 is 1.58 bits per heavy atom. The molecule has 0 atom stereocenters. The van der Waals surface area contributed by atoms with Crippen molar-refractivity contribution in [1.82, 2.24) is 4.31 Å². The summed E-state index contributed by atoms with van der Waals surface area (Å²) in [7, 11) is -6.64. The zero-order valence-electron chi connectivity index (χ0n) is 16.9. The van der Waals surface area contributed by atoms with E-state index in [2.05, 4.69) is 4.72 Å². The number of nitrogens with zero attached hydrogens (tertiary/aromatic N) is 2. The van der Waals surface area contributed by atoms with E-state index in [1.807, 2.05) is 0 Å². The standard InChI is InChI=1S/C19H23N3O7S2/c1-29-18-11-8-16(22(23)24)14-19(18)30(25,26)20-15-6-9-17(10-7-15)31(27,28)21-12-4-2-3-5-13-21/h6-11,14,20H,2-5,12-13H2,1H3. The van der Waals surface area contributed by atoms with Gasteiger partial charge in [-0.05, 0) is 43.2 Å². The molecule has 0 radical (unpaired) electrons. The summed E-state index contributed by atoms with van der Waals surface area (Å²) in [4.78, 5) is 9.98. The molecule has 0 amide bonds. The number of sulfonamides is 2. The summed E-state index contributed by atoms with van der Waals surface area (Å²) in [6.45, 7) is 0.923. The quantitative estimate of drug-likeness (QED) is 0.486. The van der Waals surface area contributed by atoms with Crippen molar-refractivity contribution in [3.05, 3.63) is 52.6 Å². The lowest BCUT2D eigenvalue weighted by atomic mass is 10.2. The highest BCUT2D eigenvalue weighted by atomic mass is 32.2. The Morgan fingerprint density at radius 1 is 0.968 bits per heavy atom. The Labute approximate surface area is 181 Å². The Morgan fingerprint density at radius 3 is 2.13 bits per heavy atom. The lowest BCUT2D eigenvalue weighted by Crippen LogP contribution is -2.31. The van der Waals surface area contributed by atoms with Crippen LogP contribution in [0.4, 0.5) is 11.4 Å². The van der Waals surface area contributed by atoms with E-state index < -0.39 is 35.6 Å². The van der Waals surface area contributed by atoms with Gasteiger partial charge in [0.1, 0.15) is 10.6 Å². The maximum atomic E-state index is 12.8. The fourth-order valence-electron chi connectivity index (χ4n) is 3.33. The molecule has 0 bridgehead atoms. The van der Waals surface area contributed by atoms with E-state index >= 15 is 0 Å². The summed E-state index contributed by atoms with van der Waals surface area (Å²) >= 11 is 0. The number of methoxy groups -OCH3 is 1. The van der Waals surface area contributed by atoms with Crippen LogP contribution in [-0.2, 0) is 20.0 Å². The van der Waals surface area contributed by atoms with Gasteiger partial charge in [-0.3, -0.25) is 14.8 Å². The van der Waals surface area contributed by atoms with E-state index in [-0.39, 0.29) is 16.3 Å². The molecule has 1 aliphatic rings. The Balaban J connectivity index is 1.85. The molecule has 31 heavy (non-hydrogen) atoms. The fourth-order valence-corrected chi connectivity index (χ4v) is 6.09. The van der Waals surface area contributed by atoms with Crippen LogP contribution in [0.15, 0.2) is 52.3 Å². The molecule has 1 saturated heterocycles. The van der Waals surface area contributed by atoms with E-state index in [1.165, 1.54) is 41.7 Å². The summed E-state index contributed by atoms with van der Waals surface area (Å²) in [5.74, 6) is -0.0570. The van der Waals surface area contributed by atoms with E-state index in [9.17, 15) is 26.9 Å². The third-order valence-electron chi connectivity index (χ3n) is 4.96. The molecule has 0 aromatic heterocycles. The van der Waals surface area contributed by atoms with Crippen LogP contribution < -0.4 is 9.46 Å². The zero-order valence-corrected chi connectivity index (χ0v) is 18.5. The van der Waals surface area contributed by atoms with Gasteiger partial charge in [-0.15, -0.1) is 0 Å². The number of rotatable bonds is 7.